The Balaban J connectivity index is 1.69. The first-order valence-electron chi connectivity index (χ1n) is 6.99. The lowest BCUT2D eigenvalue weighted by Gasteiger charge is -2.21. The van der Waals surface area contributed by atoms with Crippen molar-refractivity contribution in [2.75, 3.05) is 6.54 Å². The molecular weight excluding hydrogens is 268 g/mol. The summed E-state index contributed by atoms with van der Waals surface area (Å²) in [6.45, 7) is 0.872. The molecule has 20 heavy (non-hydrogen) atoms. The van der Waals surface area contributed by atoms with E-state index in [0.29, 0.717) is 5.92 Å². The van der Waals surface area contributed by atoms with Gasteiger partial charge < -0.3 is 5.43 Å². The number of nitrogens with zero attached hydrogens (tertiary/aromatic N) is 1. The smallest absolute Gasteiger partial charge is 0.0768 e. The zero-order valence-electron chi connectivity index (χ0n) is 11.1. The van der Waals surface area contributed by atoms with Gasteiger partial charge >= 0.3 is 0 Å². The van der Waals surface area contributed by atoms with Crippen LogP contribution in [0.1, 0.15) is 28.2 Å². The first-order chi connectivity index (χ1) is 9.81. The molecule has 0 radical (unpaired) electrons. The largest absolute Gasteiger partial charge is 0.309 e. The number of hydrogen-bond donors (Lipinski definition) is 1. The maximum Gasteiger partial charge on any atom is 0.0768 e. The summed E-state index contributed by atoms with van der Waals surface area (Å²) in [5.41, 5.74) is 9.77. The summed E-state index contributed by atoms with van der Waals surface area (Å²) in [5.74, 6) is 0.335. The molecule has 2 nitrogen and oxygen atoms in total. The van der Waals surface area contributed by atoms with Crippen LogP contribution in [0.3, 0.4) is 0 Å². The van der Waals surface area contributed by atoms with Crippen LogP contribution in [-0.2, 0) is 12.8 Å². The first-order valence-corrected chi connectivity index (χ1v) is 7.37. The second kappa shape index (κ2) is 4.64. The number of nitrogens with one attached hydrogen (secondary N) is 1. The average Bonchev–Trinajstić information content (AvgIpc) is 2.90. The van der Waals surface area contributed by atoms with Crippen LogP contribution in [0.4, 0.5) is 0 Å². The molecule has 0 amide bonds. The lowest BCUT2D eigenvalue weighted by Crippen LogP contribution is -2.17. The number of benzene rings is 2. The Kier molecular flexibility index (Phi) is 2.78. The van der Waals surface area contributed by atoms with Crippen LogP contribution in [0.15, 0.2) is 47.6 Å². The molecule has 0 fully saturated rings. The summed E-state index contributed by atoms with van der Waals surface area (Å²) in [6, 6.07) is 14.8. The lowest BCUT2D eigenvalue weighted by molar-refractivity contribution is 0.757. The summed E-state index contributed by atoms with van der Waals surface area (Å²) in [7, 11) is 0. The minimum Gasteiger partial charge on any atom is -0.309 e. The first kappa shape index (κ1) is 12.0. The van der Waals surface area contributed by atoms with Gasteiger partial charge in [0, 0.05) is 17.5 Å². The molecule has 3 heteroatoms. The SMILES string of the molecule is Clc1ccc(C2=NNCC2c2ccc3c(c2)CC3)cc1. The molecule has 1 aliphatic heterocycles. The highest BCUT2D eigenvalue weighted by atomic mass is 35.5. The molecule has 1 atom stereocenters. The fourth-order valence-electron chi connectivity index (χ4n) is 2.99. The van der Waals surface area contributed by atoms with Crippen LogP contribution >= 0.6 is 11.6 Å². The third kappa shape index (κ3) is 1.92. The van der Waals surface area contributed by atoms with Crippen molar-refractivity contribution in [2.45, 2.75) is 18.8 Å². The van der Waals surface area contributed by atoms with E-state index in [0.717, 1.165) is 22.8 Å². The van der Waals surface area contributed by atoms with Gasteiger partial charge in [-0.3, -0.25) is 0 Å². The fraction of sp³-hybridized carbons (Fsp3) is 0.235. The summed E-state index contributed by atoms with van der Waals surface area (Å²) in [6.07, 6.45) is 2.45. The van der Waals surface area contributed by atoms with Crippen LogP contribution in [0.25, 0.3) is 0 Å². The summed E-state index contributed by atoms with van der Waals surface area (Å²) >= 11 is 5.96. The zero-order chi connectivity index (χ0) is 13.5. The van der Waals surface area contributed by atoms with E-state index < -0.39 is 0 Å². The van der Waals surface area contributed by atoms with Crippen molar-refractivity contribution >= 4 is 17.3 Å². The topological polar surface area (TPSA) is 24.4 Å². The molecule has 1 N–H and O–H groups in total. The number of aryl methyl sites for hydroxylation is 2. The van der Waals surface area contributed by atoms with Gasteiger partial charge in [-0.25, -0.2) is 0 Å². The predicted molar refractivity (Wildman–Crippen MR) is 82.6 cm³/mol. The van der Waals surface area contributed by atoms with Gasteiger partial charge in [0.15, 0.2) is 0 Å². The Bertz CT molecular complexity index is 689. The van der Waals surface area contributed by atoms with Gasteiger partial charge in [-0.2, -0.15) is 5.10 Å². The van der Waals surface area contributed by atoms with E-state index >= 15 is 0 Å². The third-order valence-electron chi connectivity index (χ3n) is 4.26. The molecule has 2 aromatic rings. The Morgan fingerprint density at radius 1 is 1.00 bits per heavy atom. The molecular formula is C17H15ClN2. The van der Waals surface area contributed by atoms with Gasteiger partial charge in [0.2, 0.25) is 0 Å². The molecule has 1 heterocycles. The normalized spacial score (nSPS) is 19.9. The molecule has 4 rings (SSSR count). The number of fused-ring (bicyclic) bond motifs is 1. The van der Waals surface area contributed by atoms with Crippen molar-refractivity contribution < 1.29 is 0 Å². The Labute approximate surface area is 123 Å². The Hall–Kier alpha value is -1.80. The van der Waals surface area contributed by atoms with E-state index in [4.69, 9.17) is 11.6 Å². The molecule has 2 aliphatic rings. The quantitative estimate of drug-likeness (QED) is 0.895. The van der Waals surface area contributed by atoms with E-state index in [1.807, 2.05) is 24.3 Å². The molecule has 2 aromatic carbocycles. The summed E-state index contributed by atoms with van der Waals surface area (Å²) in [4.78, 5) is 0. The highest BCUT2D eigenvalue weighted by molar-refractivity contribution is 6.30. The summed E-state index contributed by atoms with van der Waals surface area (Å²) in [5, 5.41) is 5.25. The molecule has 100 valence electrons. The molecule has 0 bridgehead atoms. The molecule has 1 aliphatic carbocycles. The van der Waals surface area contributed by atoms with Gasteiger partial charge in [0.25, 0.3) is 0 Å². The number of hydrazone groups is 1. The van der Waals surface area contributed by atoms with Gasteiger partial charge in [-0.1, -0.05) is 41.9 Å². The van der Waals surface area contributed by atoms with Crippen molar-refractivity contribution in [1.82, 2.24) is 5.43 Å². The zero-order valence-corrected chi connectivity index (χ0v) is 11.8. The Morgan fingerprint density at radius 2 is 1.80 bits per heavy atom. The second-order valence-electron chi connectivity index (χ2n) is 5.45. The average molecular weight is 283 g/mol. The van der Waals surface area contributed by atoms with E-state index in [2.05, 4.69) is 28.7 Å². The van der Waals surface area contributed by atoms with Gasteiger partial charge in [0.1, 0.15) is 0 Å². The van der Waals surface area contributed by atoms with Crippen molar-refractivity contribution in [3.63, 3.8) is 0 Å². The molecule has 1 unspecified atom stereocenters. The third-order valence-corrected chi connectivity index (χ3v) is 4.51. The van der Waals surface area contributed by atoms with Crippen molar-refractivity contribution in [3.05, 3.63) is 69.7 Å². The standard InChI is InChI=1S/C17H15ClN2/c18-15-7-5-12(6-8-15)17-16(10-19-20-17)14-4-2-11-1-3-13(11)9-14/h2,4-9,16,19H,1,3,10H2. The minimum absolute atomic E-state index is 0.335. The van der Waals surface area contributed by atoms with Gasteiger partial charge in [-0.15, -0.1) is 0 Å². The van der Waals surface area contributed by atoms with Crippen LogP contribution in [0.5, 0.6) is 0 Å². The minimum atomic E-state index is 0.335. The molecule has 0 saturated carbocycles. The Morgan fingerprint density at radius 3 is 2.50 bits per heavy atom. The number of halogens is 1. The van der Waals surface area contributed by atoms with Crippen LogP contribution < -0.4 is 5.43 Å². The van der Waals surface area contributed by atoms with Crippen LogP contribution in [0.2, 0.25) is 5.02 Å². The van der Waals surface area contributed by atoms with Crippen molar-refractivity contribution in [3.8, 4) is 0 Å². The van der Waals surface area contributed by atoms with Gasteiger partial charge in [-0.05, 0) is 47.2 Å². The fourth-order valence-corrected chi connectivity index (χ4v) is 3.12. The maximum atomic E-state index is 5.96. The van der Waals surface area contributed by atoms with E-state index in [-0.39, 0.29) is 0 Å². The van der Waals surface area contributed by atoms with Crippen molar-refractivity contribution in [2.24, 2.45) is 5.10 Å². The molecule has 0 aromatic heterocycles. The van der Waals surface area contributed by atoms with Crippen molar-refractivity contribution in [1.29, 1.82) is 0 Å². The number of rotatable bonds is 2. The summed E-state index contributed by atoms with van der Waals surface area (Å²) < 4.78 is 0. The highest BCUT2D eigenvalue weighted by Crippen LogP contribution is 2.30. The highest BCUT2D eigenvalue weighted by Gasteiger charge is 2.26. The lowest BCUT2D eigenvalue weighted by atomic mass is 9.83. The second-order valence-corrected chi connectivity index (χ2v) is 5.88. The van der Waals surface area contributed by atoms with E-state index in [1.165, 1.54) is 29.5 Å². The van der Waals surface area contributed by atoms with Gasteiger partial charge in [0.05, 0.1) is 5.71 Å². The molecule has 0 spiro atoms. The predicted octanol–water partition coefficient (Wildman–Crippen LogP) is 3.53. The monoisotopic (exact) mass is 282 g/mol. The van der Waals surface area contributed by atoms with Crippen LogP contribution in [-0.4, -0.2) is 12.3 Å². The van der Waals surface area contributed by atoms with E-state index in [9.17, 15) is 0 Å². The number of hydrogen-bond acceptors (Lipinski definition) is 2. The maximum absolute atomic E-state index is 5.96. The van der Waals surface area contributed by atoms with E-state index in [1.54, 1.807) is 0 Å². The van der Waals surface area contributed by atoms with Crippen LogP contribution in [0, 0.1) is 0 Å². The molecule has 0 saturated heterocycles.